The van der Waals surface area contributed by atoms with E-state index >= 15 is 0 Å². The lowest BCUT2D eigenvalue weighted by Crippen LogP contribution is -1.94. The van der Waals surface area contributed by atoms with Gasteiger partial charge in [-0.3, -0.25) is 0 Å². The number of rotatable bonds is 2. The van der Waals surface area contributed by atoms with Crippen LogP contribution in [0.2, 0.25) is 0 Å². The van der Waals surface area contributed by atoms with Crippen molar-refractivity contribution in [1.82, 2.24) is 9.78 Å². The Morgan fingerprint density at radius 1 is 1.25 bits per heavy atom. The molecule has 0 unspecified atom stereocenters. The maximum absolute atomic E-state index is 11.0. The highest BCUT2D eigenvalue weighted by Gasteiger charge is 2.12. The van der Waals surface area contributed by atoms with Gasteiger partial charge < -0.3 is 0 Å². The van der Waals surface area contributed by atoms with Gasteiger partial charge in [0.05, 0.1) is 18.1 Å². The molecule has 0 saturated heterocycles. The quantitative estimate of drug-likeness (QED) is 0.774. The monoisotopic (exact) mass is 256 g/mol. The first kappa shape index (κ1) is 11.2. The van der Waals surface area contributed by atoms with Crippen LogP contribution in [0.25, 0.3) is 5.69 Å². The van der Waals surface area contributed by atoms with E-state index in [1.165, 1.54) is 17.1 Å². The summed E-state index contributed by atoms with van der Waals surface area (Å²) >= 11 is 0. The number of nitrogens with zero attached hydrogens (tertiary/aromatic N) is 2. The summed E-state index contributed by atoms with van der Waals surface area (Å²) in [4.78, 5) is -0.00487. The summed E-state index contributed by atoms with van der Waals surface area (Å²) in [6, 6.07) is 7.55. The Labute approximate surface area is 97.9 Å². The SMILES string of the molecule is Cc1ccc(-n2cc(S(=O)(=O)Cl)cn2)cc1. The number of hydrogen-bond acceptors (Lipinski definition) is 3. The van der Waals surface area contributed by atoms with E-state index in [2.05, 4.69) is 5.10 Å². The fourth-order valence-electron chi connectivity index (χ4n) is 1.27. The second-order valence-corrected chi connectivity index (χ2v) is 5.96. The number of benzene rings is 1. The fourth-order valence-corrected chi connectivity index (χ4v) is 1.91. The Morgan fingerprint density at radius 2 is 1.88 bits per heavy atom. The molecule has 0 amide bonds. The minimum Gasteiger partial charge on any atom is -0.240 e. The van der Waals surface area contributed by atoms with Crippen molar-refractivity contribution in [3.8, 4) is 5.69 Å². The molecule has 4 nitrogen and oxygen atoms in total. The van der Waals surface area contributed by atoms with E-state index in [9.17, 15) is 8.42 Å². The van der Waals surface area contributed by atoms with Crippen LogP contribution in [0, 0.1) is 6.92 Å². The molecule has 1 heterocycles. The van der Waals surface area contributed by atoms with Crippen LogP contribution in [0.1, 0.15) is 5.56 Å². The molecule has 0 N–H and O–H groups in total. The number of halogens is 1. The van der Waals surface area contributed by atoms with Crippen LogP contribution >= 0.6 is 10.7 Å². The second-order valence-electron chi connectivity index (χ2n) is 3.39. The lowest BCUT2D eigenvalue weighted by molar-refractivity contribution is 0.609. The molecule has 84 valence electrons. The van der Waals surface area contributed by atoms with Crippen LogP contribution < -0.4 is 0 Å². The van der Waals surface area contributed by atoms with E-state index in [4.69, 9.17) is 10.7 Å². The summed E-state index contributed by atoms with van der Waals surface area (Å²) in [6.07, 6.45) is 2.61. The molecule has 0 aliphatic carbocycles. The van der Waals surface area contributed by atoms with Crippen molar-refractivity contribution in [3.05, 3.63) is 42.2 Å². The standard InChI is InChI=1S/C10H9ClN2O2S/c1-8-2-4-9(5-3-8)13-7-10(6-12-13)16(11,14)15/h2-7H,1H3. The molecule has 0 aliphatic rings. The molecular weight excluding hydrogens is 248 g/mol. The summed E-state index contributed by atoms with van der Waals surface area (Å²) < 4.78 is 23.6. The van der Waals surface area contributed by atoms with Crippen molar-refractivity contribution >= 4 is 19.7 Å². The molecule has 1 aromatic carbocycles. The summed E-state index contributed by atoms with van der Waals surface area (Å²) in [5, 5.41) is 3.94. The van der Waals surface area contributed by atoms with Gasteiger partial charge in [0.2, 0.25) is 0 Å². The lowest BCUT2D eigenvalue weighted by atomic mass is 10.2. The van der Waals surface area contributed by atoms with E-state index in [-0.39, 0.29) is 4.90 Å². The van der Waals surface area contributed by atoms with Crippen LogP contribution in [-0.4, -0.2) is 18.2 Å². The van der Waals surface area contributed by atoms with Crippen molar-refractivity contribution < 1.29 is 8.42 Å². The third kappa shape index (κ3) is 2.25. The largest absolute Gasteiger partial charge is 0.264 e. The van der Waals surface area contributed by atoms with Crippen molar-refractivity contribution in [2.45, 2.75) is 11.8 Å². The summed E-state index contributed by atoms with van der Waals surface area (Å²) in [6.45, 7) is 1.97. The van der Waals surface area contributed by atoms with Crippen LogP contribution in [0.4, 0.5) is 0 Å². The Balaban J connectivity index is 2.43. The van der Waals surface area contributed by atoms with Crippen molar-refractivity contribution in [2.75, 3.05) is 0 Å². The third-order valence-electron chi connectivity index (χ3n) is 2.14. The Bertz CT molecular complexity index is 602. The first-order chi connectivity index (χ1) is 7.47. The van der Waals surface area contributed by atoms with Gasteiger partial charge in [0.15, 0.2) is 0 Å². The molecule has 0 bridgehead atoms. The zero-order valence-electron chi connectivity index (χ0n) is 8.46. The third-order valence-corrected chi connectivity index (χ3v) is 3.45. The van der Waals surface area contributed by atoms with Gasteiger partial charge in [-0.15, -0.1) is 0 Å². The van der Waals surface area contributed by atoms with Crippen molar-refractivity contribution in [2.24, 2.45) is 0 Å². The predicted molar refractivity (Wildman–Crippen MR) is 61.3 cm³/mol. The molecule has 0 saturated carbocycles. The molecule has 6 heteroatoms. The molecule has 2 aromatic rings. The number of aromatic nitrogens is 2. The molecule has 1 aromatic heterocycles. The normalized spacial score (nSPS) is 11.6. The molecule has 0 spiro atoms. The topological polar surface area (TPSA) is 52.0 Å². The van der Waals surface area contributed by atoms with Gasteiger partial charge in [-0.1, -0.05) is 17.7 Å². The minimum absolute atomic E-state index is 0.00487. The molecule has 0 radical (unpaired) electrons. The molecule has 0 atom stereocenters. The van der Waals surface area contributed by atoms with Gasteiger partial charge in [-0.05, 0) is 19.1 Å². The first-order valence-corrected chi connectivity index (χ1v) is 6.84. The molecular formula is C10H9ClN2O2S. The Kier molecular flexibility index (Phi) is 2.73. The Morgan fingerprint density at radius 3 is 2.38 bits per heavy atom. The van der Waals surface area contributed by atoms with Gasteiger partial charge in [-0.25, -0.2) is 13.1 Å². The highest BCUT2D eigenvalue weighted by Crippen LogP contribution is 2.16. The highest BCUT2D eigenvalue weighted by molar-refractivity contribution is 8.13. The summed E-state index contributed by atoms with van der Waals surface area (Å²) in [5.74, 6) is 0. The highest BCUT2D eigenvalue weighted by atomic mass is 35.7. The zero-order valence-corrected chi connectivity index (χ0v) is 10.0. The van der Waals surface area contributed by atoms with Gasteiger partial charge in [0.1, 0.15) is 4.90 Å². The first-order valence-electron chi connectivity index (χ1n) is 4.53. The van der Waals surface area contributed by atoms with E-state index in [0.717, 1.165) is 11.3 Å². The van der Waals surface area contributed by atoms with E-state index in [1.807, 2.05) is 31.2 Å². The van der Waals surface area contributed by atoms with Gasteiger partial charge in [-0.2, -0.15) is 5.10 Å². The van der Waals surface area contributed by atoms with Crippen molar-refractivity contribution in [1.29, 1.82) is 0 Å². The predicted octanol–water partition coefficient (Wildman–Crippen LogP) is 2.11. The van der Waals surface area contributed by atoms with Crippen LogP contribution in [0.15, 0.2) is 41.6 Å². The number of aryl methyl sites for hydroxylation is 1. The zero-order chi connectivity index (χ0) is 11.8. The number of hydrogen-bond donors (Lipinski definition) is 0. The lowest BCUT2D eigenvalue weighted by Gasteiger charge is -2.00. The molecule has 16 heavy (non-hydrogen) atoms. The molecule has 0 fully saturated rings. The minimum atomic E-state index is -3.71. The van der Waals surface area contributed by atoms with Crippen LogP contribution in [0.5, 0.6) is 0 Å². The average Bonchev–Trinajstić information content (AvgIpc) is 2.67. The molecule has 0 aliphatic heterocycles. The maximum atomic E-state index is 11.0. The van der Waals surface area contributed by atoms with E-state index in [0.29, 0.717) is 0 Å². The van der Waals surface area contributed by atoms with Gasteiger partial charge >= 0.3 is 0 Å². The Hall–Kier alpha value is -1.33. The van der Waals surface area contributed by atoms with E-state index < -0.39 is 9.05 Å². The average molecular weight is 257 g/mol. The van der Waals surface area contributed by atoms with Gasteiger partial charge in [0.25, 0.3) is 9.05 Å². The van der Waals surface area contributed by atoms with Gasteiger partial charge in [0, 0.05) is 10.7 Å². The smallest absolute Gasteiger partial charge is 0.240 e. The van der Waals surface area contributed by atoms with E-state index in [1.54, 1.807) is 0 Å². The molecule has 2 rings (SSSR count). The summed E-state index contributed by atoms with van der Waals surface area (Å²) in [7, 11) is 1.49. The fraction of sp³-hybridized carbons (Fsp3) is 0.100. The second kappa shape index (κ2) is 3.92. The van der Waals surface area contributed by atoms with Crippen molar-refractivity contribution in [3.63, 3.8) is 0 Å². The van der Waals surface area contributed by atoms with Crippen LogP contribution in [-0.2, 0) is 9.05 Å². The van der Waals surface area contributed by atoms with Crippen LogP contribution in [0.3, 0.4) is 0 Å². The maximum Gasteiger partial charge on any atom is 0.264 e. The summed E-state index contributed by atoms with van der Waals surface area (Å²) in [5.41, 5.74) is 1.92.